The molecule has 1 aromatic carbocycles. The van der Waals surface area contributed by atoms with Crippen molar-refractivity contribution in [2.75, 3.05) is 0 Å². The largest absolute Gasteiger partial charge is 0.416 e. The van der Waals surface area contributed by atoms with Crippen LogP contribution in [0.1, 0.15) is 40.1 Å². The lowest BCUT2D eigenvalue weighted by molar-refractivity contribution is -0.137. The van der Waals surface area contributed by atoms with Gasteiger partial charge in [0.1, 0.15) is 0 Å². The summed E-state index contributed by atoms with van der Waals surface area (Å²) in [4.78, 5) is 16.2. The Morgan fingerprint density at radius 1 is 1.19 bits per heavy atom. The highest BCUT2D eigenvalue weighted by molar-refractivity contribution is 5.94. The fourth-order valence-corrected chi connectivity index (χ4v) is 2.78. The van der Waals surface area contributed by atoms with Crippen molar-refractivity contribution in [2.24, 2.45) is 0 Å². The van der Waals surface area contributed by atoms with Crippen LogP contribution in [0.15, 0.2) is 55.0 Å². The van der Waals surface area contributed by atoms with Crippen LogP contribution in [0.4, 0.5) is 13.2 Å². The first-order valence-corrected chi connectivity index (χ1v) is 8.20. The van der Waals surface area contributed by atoms with Gasteiger partial charge >= 0.3 is 6.18 Å². The molecule has 8 heteroatoms. The molecule has 5 nitrogen and oxygen atoms in total. The van der Waals surface area contributed by atoms with E-state index in [2.05, 4.69) is 15.4 Å². The molecule has 0 saturated heterocycles. The summed E-state index contributed by atoms with van der Waals surface area (Å²) < 4.78 is 40.2. The van der Waals surface area contributed by atoms with E-state index in [1.807, 2.05) is 0 Å². The summed E-state index contributed by atoms with van der Waals surface area (Å²) in [6.07, 6.45) is 0.152. The van der Waals surface area contributed by atoms with Gasteiger partial charge in [0.25, 0.3) is 5.91 Å². The molecule has 0 fully saturated rings. The van der Waals surface area contributed by atoms with Crippen molar-refractivity contribution in [3.05, 3.63) is 77.4 Å². The van der Waals surface area contributed by atoms with Crippen LogP contribution in [0, 0.1) is 6.92 Å². The third-order valence-corrected chi connectivity index (χ3v) is 4.20. The summed E-state index contributed by atoms with van der Waals surface area (Å²) in [7, 11) is 0. The quantitative estimate of drug-likeness (QED) is 0.748. The minimum atomic E-state index is -4.43. The maximum atomic E-state index is 12.9. The average molecular weight is 374 g/mol. The Morgan fingerprint density at radius 3 is 2.63 bits per heavy atom. The Hall–Kier alpha value is -3.16. The van der Waals surface area contributed by atoms with Crippen molar-refractivity contribution >= 4 is 5.91 Å². The molecule has 2 aromatic heterocycles. The van der Waals surface area contributed by atoms with Crippen molar-refractivity contribution in [1.82, 2.24) is 20.1 Å². The minimum absolute atomic E-state index is 0.290. The van der Waals surface area contributed by atoms with Crippen LogP contribution in [-0.4, -0.2) is 20.7 Å². The van der Waals surface area contributed by atoms with Crippen molar-refractivity contribution in [3.8, 4) is 5.69 Å². The van der Waals surface area contributed by atoms with Gasteiger partial charge in [-0.05, 0) is 44.2 Å². The Morgan fingerprint density at radius 2 is 1.96 bits per heavy atom. The predicted molar refractivity (Wildman–Crippen MR) is 93.4 cm³/mol. The van der Waals surface area contributed by atoms with Crippen molar-refractivity contribution in [1.29, 1.82) is 0 Å². The summed E-state index contributed by atoms with van der Waals surface area (Å²) in [6, 6.07) is 7.88. The molecule has 0 saturated carbocycles. The lowest BCUT2D eigenvalue weighted by Gasteiger charge is -2.14. The van der Waals surface area contributed by atoms with Gasteiger partial charge in [0.15, 0.2) is 0 Å². The van der Waals surface area contributed by atoms with Gasteiger partial charge in [0.05, 0.1) is 29.1 Å². The molecule has 1 atom stereocenters. The summed E-state index contributed by atoms with van der Waals surface area (Å²) in [5.41, 5.74) is 1.35. The molecule has 2 heterocycles. The zero-order valence-corrected chi connectivity index (χ0v) is 14.7. The van der Waals surface area contributed by atoms with Crippen LogP contribution in [0.2, 0.25) is 0 Å². The standard InChI is InChI=1S/C19H17F3N4O/c1-12(25-18(27)14-5-4-8-23-10-14)17-11-24-26(13(17)2)16-7-3-6-15(9-16)19(20,21)22/h3-12H,1-2H3,(H,25,27)/t12-/m0/s1. The highest BCUT2D eigenvalue weighted by Gasteiger charge is 2.30. The molecule has 1 N–H and O–H groups in total. The van der Waals surface area contributed by atoms with Gasteiger partial charge in [-0.1, -0.05) is 6.07 Å². The summed E-state index contributed by atoms with van der Waals surface area (Å²) in [5.74, 6) is -0.290. The molecule has 0 spiro atoms. The minimum Gasteiger partial charge on any atom is -0.345 e. The molecule has 0 aliphatic carbocycles. The van der Waals surface area contributed by atoms with Gasteiger partial charge in [-0.3, -0.25) is 9.78 Å². The molecule has 3 aromatic rings. The highest BCUT2D eigenvalue weighted by atomic mass is 19.4. The first-order valence-electron chi connectivity index (χ1n) is 8.20. The van der Waals surface area contributed by atoms with Gasteiger partial charge in [-0.15, -0.1) is 0 Å². The maximum Gasteiger partial charge on any atom is 0.416 e. The second-order valence-electron chi connectivity index (χ2n) is 6.08. The van der Waals surface area contributed by atoms with E-state index in [0.29, 0.717) is 22.5 Å². The number of nitrogens with one attached hydrogen (secondary N) is 1. The first kappa shape index (κ1) is 18.6. The Balaban J connectivity index is 1.84. The van der Waals surface area contributed by atoms with E-state index in [-0.39, 0.29) is 11.9 Å². The van der Waals surface area contributed by atoms with Crippen LogP contribution in [-0.2, 0) is 6.18 Å². The van der Waals surface area contributed by atoms with Crippen LogP contribution in [0.3, 0.4) is 0 Å². The first-order chi connectivity index (χ1) is 12.8. The van der Waals surface area contributed by atoms with Gasteiger partial charge in [-0.25, -0.2) is 4.68 Å². The molecular formula is C19H17F3N4O. The Bertz CT molecular complexity index is 951. The number of rotatable bonds is 4. The molecule has 0 unspecified atom stereocenters. The number of carbonyl (C=O) groups excluding carboxylic acids is 1. The van der Waals surface area contributed by atoms with E-state index in [4.69, 9.17) is 0 Å². The highest BCUT2D eigenvalue weighted by Crippen LogP contribution is 2.31. The summed E-state index contributed by atoms with van der Waals surface area (Å²) >= 11 is 0. The van der Waals surface area contributed by atoms with Crippen LogP contribution in [0.25, 0.3) is 5.69 Å². The fourth-order valence-electron chi connectivity index (χ4n) is 2.78. The Kier molecular flexibility index (Phi) is 4.98. The van der Waals surface area contributed by atoms with E-state index in [0.717, 1.165) is 12.1 Å². The van der Waals surface area contributed by atoms with Crippen molar-refractivity contribution in [3.63, 3.8) is 0 Å². The van der Waals surface area contributed by atoms with Gasteiger partial charge in [0.2, 0.25) is 0 Å². The van der Waals surface area contributed by atoms with Gasteiger partial charge < -0.3 is 5.32 Å². The molecule has 0 aliphatic heterocycles. The lowest BCUT2D eigenvalue weighted by Crippen LogP contribution is -2.27. The van der Waals surface area contributed by atoms with Crippen molar-refractivity contribution < 1.29 is 18.0 Å². The zero-order valence-electron chi connectivity index (χ0n) is 14.7. The second-order valence-corrected chi connectivity index (χ2v) is 6.08. The molecule has 0 bridgehead atoms. The number of amides is 1. The number of hydrogen-bond acceptors (Lipinski definition) is 3. The van der Waals surface area contributed by atoms with Crippen molar-refractivity contribution in [2.45, 2.75) is 26.1 Å². The second kappa shape index (κ2) is 7.22. The summed E-state index contributed by atoms with van der Waals surface area (Å²) in [5, 5.41) is 7.04. The van der Waals surface area contributed by atoms with E-state index in [9.17, 15) is 18.0 Å². The number of carbonyl (C=O) groups is 1. The maximum absolute atomic E-state index is 12.9. The molecule has 0 radical (unpaired) electrons. The fraction of sp³-hybridized carbons (Fsp3) is 0.211. The van der Waals surface area contributed by atoms with Crippen LogP contribution >= 0.6 is 0 Å². The van der Waals surface area contributed by atoms with Gasteiger partial charge in [-0.2, -0.15) is 18.3 Å². The SMILES string of the molecule is Cc1c([C@H](C)NC(=O)c2cccnc2)cnn1-c1cccc(C(F)(F)F)c1. The molecular weight excluding hydrogens is 357 g/mol. The van der Waals surface area contributed by atoms with Crippen LogP contribution in [0.5, 0.6) is 0 Å². The number of aromatic nitrogens is 3. The van der Waals surface area contributed by atoms with E-state index < -0.39 is 11.7 Å². The number of alkyl halides is 3. The van der Waals surface area contributed by atoms with E-state index in [1.165, 1.54) is 16.9 Å². The van der Waals surface area contributed by atoms with Crippen LogP contribution < -0.4 is 5.32 Å². The van der Waals surface area contributed by atoms with E-state index in [1.54, 1.807) is 44.4 Å². The molecule has 0 aliphatic rings. The third-order valence-electron chi connectivity index (χ3n) is 4.20. The third kappa shape index (κ3) is 3.99. The number of benzene rings is 1. The molecule has 3 rings (SSSR count). The number of hydrogen-bond donors (Lipinski definition) is 1. The number of halogens is 3. The molecule has 27 heavy (non-hydrogen) atoms. The smallest absolute Gasteiger partial charge is 0.345 e. The normalized spacial score (nSPS) is 12.6. The lowest BCUT2D eigenvalue weighted by atomic mass is 10.1. The topological polar surface area (TPSA) is 59.8 Å². The molecule has 1 amide bonds. The molecule has 140 valence electrons. The predicted octanol–water partition coefficient (Wildman–Crippen LogP) is 4.09. The zero-order chi connectivity index (χ0) is 19.6. The number of pyridine rings is 1. The number of nitrogens with zero attached hydrogens (tertiary/aromatic N) is 3. The van der Waals surface area contributed by atoms with Gasteiger partial charge in [0, 0.05) is 23.7 Å². The Labute approximate surface area is 153 Å². The van der Waals surface area contributed by atoms with E-state index >= 15 is 0 Å². The summed E-state index contributed by atoms with van der Waals surface area (Å²) in [6.45, 7) is 3.53. The monoisotopic (exact) mass is 374 g/mol. The average Bonchev–Trinajstić information content (AvgIpc) is 3.03.